The van der Waals surface area contributed by atoms with E-state index in [4.69, 9.17) is 9.47 Å². The summed E-state index contributed by atoms with van der Waals surface area (Å²) < 4.78 is 11.6. The highest BCUT2D eigenvalue weighted by atomic mass is 16.7. The molecule has 84 valence electrons. The number of hydrogen-bond acceptors (Lipinski definition) is 2. The van der Waals surface area contributed by atoms with E-state index in [0.717, 1.165) is 19.6 Å². The molecule has 2 atom stereocenters. The van der Waals surface area contributed by atoms with Gasteiger partial charge >= 0.3 is 0 Å². The minimum Gasteiger partial charge on any atom is -0.347 e. The molecule has 0 aliphatic carbocycles. The molecule has 0 aromatic heterocycles. The fourth-order valence-corrected chi connectivity index (χ4v) is 2.40. The van der Waals surface area contributed by atoms with Crippen LogP contribution in [0.2, 0.25) is 0 Å². The topological polar surface area (TPSA) is 18.5 Å². The molecule has 2 nitrogen and oxygen atoms in total. The predicted octanol–water partition coefficient (Wildman–Crippen LogP) is 3.21. The van der Waals surface area contributed by atoms with E-state index in [-0.39, 0.29) is 5.79 Å². The van der Waals surface area contributed by atoms with Gasteiger partial charge in [0.1, 0.15) is 0 Å². The lowest BCUT2D eigenvalue weighted by Gasteiger charge is -2.36. The molecule has 1 saturated heterocycles. The highest BCUT2D eigenvalue weighted by Gasteiger charge is 2.42. The van der Waals surface area contributed by atoms with Crippen LogP contribution in [-0.4, -0.2) is 19.0 Å². The van der Waals surface area contributed by atoms with Gasteiger partial charge in [0.25, 0.3) is 0 Å². The number of rotatable bonds is 5. The molecular weight excluding hydrogens is 176 g/mol. The first-order valence-electron chi connectivity index (χ1n) is 5.94. The minimum absolute atomic E-state index is 0.283. The molecule has 0 spiro atoms. The third-order valence-electron chi connectivity index (χ3n) is 3.56. The highest BCUT2D eigenvalue weighted by Crippen LogP contribution is 2.37. The zero-order valence-electron chi connectivity index (χ0n) is 10.0. The summed E-state index contributed by atoms with van der Waals surface area (Å²) in [5, 5.41) is 0. The summed E-state index contributed by atoms with van der Waals surface area (Å²) >= 11 is 0. The lowest BCUT2D eigenvalue weighted by Crippen LogP contribution is -2.40. The maximum absolute atomic E-state index is 5.80. The Hall–Kier alpha value is -0.0800. The SMILES string of the molecule is CCC[C@H](C)[C@H](C)C1(CC)OCCO1. The first-order chi connectivity index (χ1) is 6.66. The van der Waals surface area contributed by atoms with Crippen molar-refractivity contribution in [3.05, 3.63) is 0 Å². The van der Waals surface area contributed by atoms with E-state index in [1.807, 2.05) is 0 Å². The van der Waals surface area contributed by atoms with Gasteiger partial charge in [0, 0.05) is 5.92 Å². The fraction of sp³-hybridized carbons (Fsp3) is 1.00. The average Bonchev–Trinajstić information content (AvgIpc) is 2.66. The molecule has 1 aliphatic rings. The van der Waals surface area contributed by atoms with E-state index in [1.165, 1.54) is 12.8 Å². The van der Waals surface area contributed by atoms with Gasteiger partial charge in [-0.25, -0.2) is 0 Å². The summed E-state index contributed by atoms with van der Waals surface area (Å²) in [5.41, 5.74) is 0. The Balaban J connectivity index is 2.59. The summed E-state index contributed by atoms with van der Waals surface area (Å²) in [6.45, 7) is 10.5. The van der Waals surface area contributed by atoms with E-state index in [0.29, 0.717) is 11.8 Å². The Morgan fingerprint density at radius 2 is 1.71 bits per heavy atom. The van der Waals surface area contributed by atoms with Crippen LogP contribution in [0.25, 0.3) is 0 Å². The summed E-state index contributed by atoms with van der Waals surface area (Å²) in [5.74, 6) is 0.891. The van der Waals surface area contributed by atoms with Crippen molar-refractivity contribution >= 4 is 0 Å². The van der Waals surface area contributed by atoms with Crippen LogP contribution in [0.5, 0.6) is 0 Å². The second kappa shape index (κ2) is 5.13. The van der Waals surface area contributed by atoms with Gasteiger partial charge < -0.3 is 9.47 Å². The van der Waals surface area contributed by atoms with Crippen molar-refractivity contribution in [1.82, 2.24) is 0 Å². The Morgan fingerprint density at radius 1 is 1.14 bits per heavy atom. The van der Waals surface area contributed by atoms with Crippen LogP contribution in [0, 0.1) is 11.8 Å². The van der Waals surface area contributed by atoms with Crippen molar-refractivity contribution in [2.45, 2.75) is 52.7 Å². The third kappa shape index (κ3) is 2.29. The maximum atomic E-state index is 5.80. The van der Waals surface area contributed by atoms with Crippen LogP contribution in [0.15, 0.2) is 0 Å². The van der Waals surface area contributed by atoms with Crippen molar-refractivity contribution in [2.75, 3.05) is 13.2 Å². The summed E-state index contributed by atoms with van der Waals surface area (Å²) in [7, 11) is 0. The normalized spacial score (nSPS) is 24.9. The molecule has 1 aliphatic heterocycles. The molecule has 14 heavy (non-hydrogen) atoms. The molecule has 0 aromatic rings. The molecule has 0 radical (unpaired) electrons. The largest absolute Gasteiger partial charge is 0.347 e. The van der Waals surface area contributed by atoms with Gasteiger partial charge in [-0.1, -0.05) is 40.5 Å². The molecule has 0 bridgehead atoms. The van der Waals surface area contributed by atoms with Gasteiger partial charge in [-0.15, -0.1) is 0 Å². The van der Waals surface area contributed by atoms with Crippen LogP contribution in [0.1, 0.15) is 47.0 Å². The van der Waals surface area contributed by atoms with Crippen molar-refractivity contribution < 1.29 is 9.47 Å². The molecule has 1 fully saturated rings. The number of ether oxygens (including phenoxy) is 2. The average molecular weight is 200 g/mol. The number of hydrogen-bond donors (Lipinski definition) is 0. The van der Waals surface area contributed by atoms with Crippen LogP contribution in [0.4, 0.5) is 0 Å². The van der Waals surface area contributed by atoms with Crippen LogP contribution in [0.3, 0.4) is 0 Å². The van der Waals surface area contributed by atoms with Crippen molar-refractivity contribution in [3.63, 3.8) is 0 Å². The summed E-state index contributed by atoms with van der Waals surface area (Å²) in [6.07, 6.45) is 3.46. The Bertz CT molecular complexity index is 162. The molecular formula is C12H24O2. The van der Waals surface area contributed by atoms with Crippen molar-refractivity contribution in [2.24, 2.45) is 11.8 Å². The van der Waals surface area contributed by atoms with Crippen LogP contribution < -0.4 is 0 Å². The van der Waals surface area contributed by atoms with Gasteiger partial charge in [0.15, 0.2) is 5.79 Å². The van der Waals surface area contributed by atoms with E-state index in [2.05, 4.69) is 27.7 Å². The minimum atomic E-state index is -0.283. The quantitative estimate of drug-likeness (QED) is 0.678. The van der Waals surface area contributed by atoms with Gasteiger partial charge in [-0.3, -0.25) is 0 Å². The second-order valence-corrected chi connectivity index (χ2v) is 4.42. The van der Waals surface area contributed by atoms with E-state index in [1.54, 1.807) is 0 Å². The first kappa shape index (κ1) is 12.0. The Morgan fingerprint density at radius 3 is 2.14 bits per heavy atom. The maximum Gasteiger partial charge on any atom is 0.170 e. The summed E-state index contributed by atoms with van der Waals surface area (Å²) in [6, 6.07) is 0. The van der Waals surface area contributed by atoms with Gasteiger partial charge in [-0.05, 0) is 12.3 Å². The standard InChI is InChI=1S/C12H24O2/c1-5-7-10(3)11(4)12(6-2)13-8-9-14-12/h10-11H,5-9H2,1-4H3/t10-,11-/m0/s1. The highest BCUT2D eigenvalue weighted by molar-refractivity contribution is 4.82. The Labute approximate surface area is 88.0 Å². The monoisotopic (exact) mass is 200 g/mol. The first-order valence-corrected chi connectivity index (χ1v) is 5.94. The van der Waals surface area contributed by atoms with Crippen molar-refractivity contribution in [1.29, 1.82) is 0 Å². The molecule has 0 N–H and O–H groups in total. The van der Waals surface area contributed by atoms with Gasteiger partial charge in [0.2, 0.25) is 0 Å². The van der Waals surface area contributed by atoms with Gasteiger partial charge in [0.05, 0.1) is 13.2 Å². The molecule has 1 heterocycles. The smallest absolute Gasteiger partial charge is 0.170 e. The van der Waals surface area contributed by atoms with E-state index < -0.39 is 0 Å². The Kier molecular flexibility index (Phi) is 4.39. The molecule has 1 rings (SSSR count). The van der Waals surface area contributed by atoms with E-state index in [9.17, 15) is 0 Å². The predicted molar refractivity (Wildman–Crippen MR) is 58.2 cm³/mol. The fourth-order valence-electron chi connectivity index (χ4n) is 2.40. The third-order valence-corrected chi connectivity index (χ3v) is 3.56. The lowest BCUT2D eigenvalue weighted by molar-refractivity contribution is -0.204. The van der Waals surface area contributed by atoms with Crippen LogP contribution in [-0.2, 0) is 9.47 Å². The molecule has 2 heteroatoms. The van der Waals surface area contributed by atoms with Crippen molar-refractivity contribution in [3.8, 4) is 0 Å². The molecule has 0 saturated carbocycles. The second-order valence-electron chi connectivity index (χ2n) is 4.42. The van der Waals surface area contributed by atoms with Crippen LogP contribution >= 0.6 is 0 Å². The summed E-state index contributed by atoms with van der Waals surface area (Å²) in [4.78, 5) is 0. The zero-order chi connectivity index (χ0) is 10.6. The molecule has 0 amide bonds. The van der Waals surface area contributed by atoms with E-state index >= 15 is 0 Å². The van der Waals surface area contributed by atoms with Gasteiger partial charge in [-0.2, -0.15) is 0 Å². The lowest BCUT2D eigenvalue weighted by atomic mass is 9.84. The molecule has 0 unspecified atom stereocenters. The zero-order valence-corrected chi connectivity index (χ0v) is 10.0. The molecule has 0 aromatic carbocycles.